The second kappa shape index (κ2) is 7.23. The van der Waals surface area contributed by atoms with Gasteiger partial charge in [0.25, 0.3) is 0 Å². The summed E-state index contributed by atoms with van der Waals surface area (Å²) in [6.07, 6.45) is 3.05. The minimum Gasteiger partial charge on any atom is -0.506 e. The zero-order valence-corrected chi connectivity index (χ0v) is 17.3. The van der Waals surface area contributed by atoms with Crippen LogP contribution in [0.4, 0.5) is 5.69 Å². The van der Waals surface area contributed by atoms with Gasteiger partial charge in [-0.1, -0.05) is 18.2 Å². The summed E-state index contributed by atoms with van der Waals surface area (Å²) in [7, 11) is -3.69. The first-order chi connectivity index (χ1) is 14.5. The van der Waals surface area contributed by atoms with Gasteiger partial charge in [-0.15, -0.1) is 0 Å². The van der Waals surface area contributed by atoms with Crippen LogP contribution in [0.5, 0.6) is 5.75 Å². The summed E-state index contributed by atoms with van der Waals surface area (Å²) in [5.74, 6) is -0.0160. The molecule has 1 aromatic heterocycles. The Morgan fingerprint density at radius 2 is 1.77 bits per heavy atom. The highest BCUT2D eigenvalue weighted by Crippen LogP contribution is 2.38. The van der Waals surface area contributed by atoms with Gasteiger partial charge in [-0.25, -0.2) is 8.42 Å². The lowest BCUT2D eigenvalue weighted by atomic mass is 9.87. The molecule has 2 aliphatic heterocycles. The van der Waals surface area contributed by atoms with Gasteiger partial charge in [-0.05, 0) is 49.2 Å². The molecule has 5 rings (SSSR count). The van der Waals surface area contributed by atoms with Crippen LogP contribution in [0, 0.1) is 0 Å². The maximum absolute atomic E-state index is 13.5. The Bertz CT molecular complexity index is 1180. The molecular weight excluding hydrogens is 400 g/mol. The van der Waals surface area contributed by atoms with Gasteiger partial charge in [0.2, 0.25) is 10.0 Å². The van der Waals surface area contributed by atoms with E-state index in [2.05, 4.69) is 27.3 Å². The number of aromatic nitrogens is 1. The van der Waals surface area contributed by atoms with Crippen LogP contribution in [0.1, 0.15) is 12.8 Å². The molecule has 3 heterocycles. The van der Waals surface area contributed by atoms with Crippen molar-refractivity contribution in [3.63, 3.8) is 0 Å². The summed E-state index contributed by atoms with van der Waals surface area (Å²) in [4.78, 5) is 6.72. The third-order valence-electron chi connectivity index (χ3n) is 6.34. The van der Waals surface area contributed by atoms with Crippen LogP contribution < -0.4 is 10.2 Å². The van der Waals surface area contributed by atoms with E-state index in [9.17, 15) is 13.5 Å². The SMILES string of the molecule is O=S(=O)(c1ccc(O)c2ncccc12)N1CCC2(CC1)CNCN2c1ccccc1. The summed E-state index contributed by atoms with van der Waals surface area (Å²) in [5.41, 5.74) is 1.39. The number of para-hydroxylation sites is 1. The van der Waals surface area contributed by atoms with Gasteiger partial charge in [0.05, 0.1) is 17.1 Å². The highest BCUT2D eigenvalue weighted by molar-refractivity contribution is 7.89. The highest BCUT2D eigenvalue weighted by Gasteiger charge is 2.45. The Balaban J connectivity index is 1.43. The molecule has 156 valence electrons. The molecule has 0 atom stereocenters. The number of nitrogens with zero attached hydrogens (tertiary/aromatic N) is 3. The van der Waals surface area contributed by atoms with Crippen molar-refractivity contribution in [1.29, 1.82) is 0 Å². The molecule has 0 unspecified atom stereocenters. The summed E-state index contributed by atoms with van der Waals surface area (Å²) in [6, 6.07) is 16.5. The van der Waals surface area contributed by atoms with Crippen molar-refractivity contribution >= 4 is 26.6 Å². The Hall–Kier alpha value is -2.68. The number of hydrogen-bond acceptors (Lipinski definition) is 6. The van der Waals surface area contributed by atoms with Crippen LogP contribution in [0.25, 0.3) is 10.9 Å². The summed E-state index contributed by atoms with van der Waals surface area (Å²) in [6.45, 7) is 2.53. The second-order valence-electron chi connectivity index (χ2n) is 7.96. The average Bonchev–Trinajstić information content (AvgIpc) is 3.18. The van der Waals surface area contributed by atoms with Crippen molar-refractivity contribution < 1.29 is 13.5 Å². The van der Waals surface area contributed by atoms with E-state index >= 15 is 0 Å². The summed E-state index contributed by atoms with van der Waals surface area (Å²) < 4.78 is 28.5. The number of pyridine rings is 1. The topological polar surface area (TPSA) is 85.8 Å². The number of fused-ring (bicyclic) bond motifs is 1. The van der Waals surface area contributed by atoms with Crippen molar-refractivity contribution in [3.8, 4) is 5.75 Å². The number of anilines is 1. The molecule has 1 spiro atoms. The van der Waals surface area contributed by atoms with Gasteiger partial charge in [0.15, 0.2) is 0 Å². The van der Waals surface area contributed by atoms with Crippen LogP contribution in [0.3, 0.4) is 0 Å². The lowest BCUT2D eigenvalue weighted by molar-refractivity contribution is 0.247. The van der Waals surface area contributed by atoms with Crippen LogP contribution in [0.15, 0.2) is 65.7 Å². The largest absolute Gasteiger partial charge is 0.506 e. The Morgan fingerprint density at radius 3 is 2.53 bits per heavy atom. The molecule has 0 bridgehead atoms. The predicted molar refractivity (Wildman–Crippen MR) is 116 cm³/mol. The molecule has 2 fully saturated rings. The zero-order chi connectivity index (χ0) is 20.8. The highest BCUT2D eigenvalue weighted by atomic mass is 32.2. The monoisotopic (exact) mass is 424 g/mol. The summed E-state index contributed by atoms with van der Waals surface area (Å²) in [5, 5.41) is 14.0. The molecule has 2 aliphatic rings. The van der Waals surface area contributed by atoms with E-state index in [0.29, 0.717) is 24.0 Å². The van der Waals surface area contributed by atoms with E-state index in [1.807, 2.05) is 18.2 Å². The van der Waals surface area contributed by atoms with Gasteiger partial charge in [0, 0.05) is 36.9 Å². The minimum absolute atomic E-state index is 0.0160. The molecule has 3 aromatic rings. The lowest BCUT2D eigenvalue weighted by Gasteiger charge is -2.44. The number of benzene rings is 2. The van der Waals surface area contributed by atoms with Crippen molar-refractivity contribution in [2.45, 2.75) is 23.3 Å². The van der Waals surface area contributed by atoms with Crippen LogP contribution in [0.2, 0.25) is 0 Å². The van der Waals surface area contributed by atoms with E-state index in [0.717, 1.165) is 31.7 Å². The van der Waals surface area contributed by atoms with Gasteiger partial charge in [-0.3, -0.25) is 10.3 Å². The van der Waals surface area contributed by atoms with Crippen LogP contribution in [-0.2, 0) is 10.0 Å². The molecule has 2 saturated heterocycles. The number of hydrogen-bond donors (Lipinski definition) is 2. The zero-order valence-electron chi connectivity index (χ0n) is 16.5. The van der Waals surface area contributed by atoms with Crippen LogP contribution in [-0.4, -0.2) is 54.7 Å². The molecule has 2 N–H and O–H groups in total. The lowest BCUT2D eigenvalue weighted by Crippen LogP contribution is -2.55. The molecule has 7 nitrogen and oxygen atoms in total. The van der Waals surface area contributed by atoms with Gasteiger partial charge < -0.3 is 10.0 Å². The van der Waals surface area contributed by atoms with Crippen molar-refractivity contribution in [2.75, 3.05) is 31.2 Å². The van der Waals surface area contributed by atoms with Crippen molar-refractivity contribution in [2.24, 2.45) is 0 Å². The van der Waals surface area contributed by atoms with E-state index in [-0.39, 0.29) is 16.2 Å². The molecule has 2 aromatic carbocycles. The fourth-order valence-electron chi connectivity index (χ4n) is 4.72. The molecular formula is C22H24N4O3S. The first-order valence-corrected chi connectivity index (χ1v) is 11.6. The normalized spacial score (nSPS) is 19.5. The fraction of sp³-hybridized carbons (Fsp3) is 0.318. The van der Waals surface area contributed by atoms with Gasteiger partial charge in [0.1, 0.15) is 11.3 Å². The smallest absolute Gasteiger partial charge is 0.243 e. The standard InChI is InChI=1S/C22H24N4O3S/c27-19-8-9-20(18-7-4-12-24-21(18)19)30(28,29)25-13-10-22(11-14-25)15-23-16-26(22)17-5-2-1-3-6-17/h1-9,12,23,27H,10-11,13-16H2. The number of rotatable bonds is 3. The van der Waals surface area contributed by atoms with E-state index < -0.39 is 10.0 Å². The van der Waals surface area contributed by atoms with E-state index in [4.69, 9.17) is 0 Å². The Kier molecular flexibility index (Phi) is 4.65. The molecule has 0 aliphatic carbocycles. The Morgan fingerprint density at radius 1 is 1.00 bits per heavy atom. The van der Waals surface area contributed by atoms with Crippen molar-refractivity contribution in [1.82, 2.24) is 14.6 Å². The molecule has 8 heteroatoms. The number of phenols is 1. The maximum Gasteiger partial charge on any atom is 0.243 e. The summed E-state index contributed by atoms with van der Waals surface area (Å²) >= 11 is 0. The van der Waals surface area contributed by atoms with Crippen LogP contribution >= 0.6 is 0 Å². The predicted octanol–water partition coefficient (Wildman–Crippen LogP) is 2.53. The number of sulfonamides is 1. The molecule has 0 saturated carbocycles. The molecule has 0 radical (unpaired) electrons. The van der Waals surface area contributed by atoms with Crippen molar-refractivity contribution in [3.05, 3.63) is 60.8 Å². The fourth-order valence-corrected chi connectivity index (χ4v) is 6.35. The third-order valence-corrected chi connectivity index (χ3v) is 8.30. The third kappa shape index (κ3) is 3.03. The number of piperidine rings is 1. The molecule has 0 amide bonds. The quantitative estimate of drug-likeness (QED) is 0.672. The number of nitrogens with one attached hydrogen (secondary N) is 1. The van der Waals surface area contributed by atoms with Gasteiger partial charge in [-0.2, -0.15) is 4.31 Å². The maximum atomic E-state index is 13.5. The molecule has 30 heavy (non-hydrogen) atoms. The second-order valence-corrected chi connectivity index (χ2v) is 9.87. The first-order valence-electron chi connectivity index (χ1n) is 10.1. The van der Waals surface area contributed by atoms with E-state index in [1.54, 1.807) is 22.6 Å². The first kappa shape index (κ1) is 19.3. The Labute approximate surface area is 176 Å². The average molecular weight is 425 g/mol. The number of phenolic OH excluding ortho intramolecular Hbond substituents is 1. The van der Waals surface area contributed by atoms with E-state index in [1.165, 1.54) is 12.1 Å². The minimum atomic E-state index is -3.69. The number of aromatic hydroxyl groups is 1. The van der Waals surface area contributed by atoms with Gasteiger partial charge >= 0.3 is 0 Å².